The number of fused-ring (bicyclic) bond motifs is 1. The minimum Gasteiger partial charge on any atom is -0.351 e. The maximum absolute atomic E-state index is 14.2. The highest BCUT2D eigenvalue weighted by Gasteiger charge is 2.25. The molecule has 0 bridgehead atoms. The molecule has 0 spiro atoms. The van der Waals surface area contributed by atoms with Crippen molar-refractivity contribution in [3.8, 4) is 11.1 Å². The lowest BCUT2D eigenvalue weighted by Crippen LogP contribution is -2.42. The number of halogens is 2. The maximum atomic E-state index is 14.2. The molecule has 0 radical (unpaired) electrons. The van der Waals surface area contributed by atoms with E-state index in [0.717, 1.165) is 0 Å². The summed E-state index contributed by atoms with van der Waals surface area (Å²) in [5, 5.41) is 3.85. The molecule has 8 nitrogen and oxygen atoms in total. The van der Waals surface area contributed by atoms with E-state index >= 15 is 0 Å². The topological polar surface area (TPSA) is 97.2 Å². The van der Waals surface area contributed by atoms with Crippen LogP contribution in [0, 0.1) is 5.82 Å². The first-order valence-electron chi connectivity index (χ1n) is 9.57. The molecule has 0 aliphatic carbocycles. The molecule has 3 heterocycles. The summed E-state index contributed by atoms with van der Waals surface area (Å²) in [6.45, 7) is 0.878. The Kier molecular flexibility index (Phi) is 6.63. The monoisotopic (exact) mass is 467 g/mol. The van der Waals surface area contributed by atoms with Crippen molar-refractivity contribution in [2.75, 3.05) is 24.7 Å². The molecule has 166 valence electrons. The normalized spacial score (nSPS) is 15.6. The van der Waals surface area contributed by atoms with Gasteiger partial charge in [0.25, 0.3) is 5.56 Å². The van der Waals surface area contributed by atoms with Crippen LogP contribution >= 0.6 is 12.4 Å². The largest absolute Gasteiger partial charge is 0.351 e. The number of nitrogens with one attached hydrogen (secondary N) is 1. The van der Waals surface area contributed by atoms with Crippen molar-refractivity contribution < 1.29 is 12.8 Å². The van der Waals surface area contributed by atoms with Crippen molar-refractivity contribution in [3.05, 3.63) is 52.7 Å². The first kappa shape index (κ1) is 23.1. The number of anilines is 1. The number of hydrogen-bond donors (Lipinski definition) is 1. The molecule has 0 saturated carbocycles. The maximum Gasteiger partial charge on any atom is 0.259 e. The lowest BCUT2D eigenvalue weighted by Gasteiger charge is -2.30. The summed E-state index contributed by atoms with van der Waals surface area (Å²) in [7, 11) is -1.59. The van der Waals surface area contributed by atoms with Gasteiger partial charge in [-0.05, 0) is 25.0 Å². The fraction of sp³-hybridized carbons (Fsp3) is 0.350. The zero-order chi connectivity index (χ0) is 21.5. The molecule has 1 aliphatic rings. The van der Waals surface area contributed by atoms with E-state index in [0.29, 0.717) is 42.9 Å². The van der Waals surface area contributed by atoms with Gasteiger partial charge in [-0.1, -0.05) is 18.2 Å². The van der Waals surface area contributed by atoms with Crippen molar-refractivity contribution >= 4 is 39.4 Å². The van der Waals surface area contributed by atoms with Gasteiger partial charge in [-0.25, -0.2) is 22.1 Å². The molecular weight excluding hydrogens is 445 g/mol. The number of benzene rings is 1. The molecule has 0 amide bonds. The summed E-state index contributed by atoms with van der Waals surface area (Å²) in [6.07, 6.45) is 4.09. The van der Waals surface area contributed by atoms with Crippen LogP contribution in [0.15, 0.2) is 41.3 Å². The van der Waals surface area contributed by atoms with E-state index in [9.17, 15) is 17.6 Å². The Bertz CT molecular complexity index is 1270. The van der Waals surface area contributed by atoms with Gasteiger partial charge in [0.15, 0.2) is 0 Å². The quantitative estimate of drug-likeness (QED) is 0.632. The average Bonchev–Trinajstić information content (AvgIpc) is 2.71. The van der Waals surface area contributed by atoms with Gasteiger partial charge < -0.3 is 5.32 Å². The Labute approximate surface area is 185 Å². The number of sulfonamides is 1. The molecule has 1 aliphatic heterocycles. The van der Waals surface area contributed by atoms with Crippen LogP contribution in [0.25, 0.3) is 22.2 Å². The van der Waals surface area contributed by atoms with Crippen LogP contribution in [0.4, 0.5) is 10.3 Å². The highest BCUT2D eigenvalue weighted by atomic mass is 35.5. The molecular formula is C20H23ClFN5O3S. The second-order valence-electron chi connectivity index (χ2n) is 7.46. The predicted octanol–water partition coefficient (Wildman–Crippen LogP) is 2.39. The van der Waals surface area contributed by atoms with Crippen LogP contribution in [0.5, 0.6) is 0 Å². The predicted molar refractivity (Wildman–Crippen MR) is 120 cm³/mol. The van der Waals surface area contributed by atoms with E-state index in [2.05, 4.69) is 15.3 Å². The molecule has 4 rings (SSSR count). The summed E-state index contributed by atoms with van der Waals surface area (Å²) in [5.74, 6) is -0.0949. The molecule has 2 aromatic heterocycles. The summed E-state index contributed by atoms with van der Waals surface area (Å²) in [5.41, 5.74) is 0.574. The average molecular weight is 468 g/mol. The minimum absolute atomic E-state index is 0. The Morgan fingerprint density at radius 3 is 2.48 bits per heavy atom. The van der Waals surface area contributed by atoms with Crippen LogP contribution in [0.2, 0.25) is 0 Å². The molecule has 31 heavy (non-hydrogen) atoms. The highest BCUT2D eigenvalue weighted by Crippen LogP contribution is 2.23. The number of rotatable bonds is 4. The standard InChI is InChI=1S/C20H22FN5O3S.ClH/c1-25-18-13(11-16(19(25)27)15-5-3-4-6-17(15)21)12-22-20(24-18)23-14-7-9-26(10-8-14)30(2,28)29;/h3-6,11-12,14H,7-10H2,1-2H3,(H,22,23,24);1H. The number of hydrogen-bond acceptors (Lipinski definition) is 6. The van der Waals surface area contributed by atoms with E-state index in [1.807, 2.05) is 0 Å². The Morgan fingerprint density at radius 2 is 1.84 bits per heavy atom. The summed E-state index contributed by atoms with van der Waals surface area (Å²) in [4.78, 5) is 21.6. The van der Waals surface area contributed by atoms with E-state index in [1.165, 1.54) is 21.2 Å². The zero-order valence-electron chi connectivity index (χ0n) is 17.1. The minimum atomic E-state index is -3.18. The third-order valence-electron chi connectivity index (χ3n) is 5.37. The molecule has 3 aromatic rings. The lowest BCUT2D eigenvalue weighted by molar-refractivity contribution is 0.331. The first-order valence-corrected chi connectivity index (χ1v) is 11.4. The van der Waals surface area contributed by atoms with Crippen LogP contribution in [-0.4, -0.2) is 52.6 Å². The van der Waals surface area contributed by atoms with Crippen molar-refractivity contribution in [2.24, 2.45) is 7.05 Å². The van der Waals surface area contributed by atoms with Crippen molar-refractivity contribution in [2.45, 2.75) is 18.9 Å². The summed E-state index contributed by atoms with van der Waals surface area (Å²) < 4.78 is 40.3. The lowest BCUT2D eigenvalue weighted by atomic mass is 10.1. The molecule has 1 aromatic carbocycles. The van der Waals surface area contributed by atoms with Crippen molar-refractivity contribution in [3.63, 3.8) is 0 Å². The van der Waals surface area contributed by atoms with Gasteiger partial charge in [0.2, 0.25) is 16.0 Å². The first-order chi connectivity index (χ1) is 14.2. The van der Waals surface area contributed by atoms with Crippen molar-refractivity contribution in [1.29, 1.82) is 0 Å². The molecule has 11 heteroatoms. The number of pyridine rings is 1. The second-order valence-corrected chi connectivity index (χ2v) is 9.44. The Hall–Kier alpha value is -2.56. The smallest absolute Gasteiger partial charge is 0.259 e. The van der Waals surface area contributed by atoms with Gasteiger partial charge in [0, 0.05) is 43.3 Å². The third kappa shape index (κ3) is 4.70. The van der Waals surface area contributed by atoms with Crippen LogP contribution < -0.4 is 10.9 Å². The second kappa shape index (κ2) is 8.89. The fourth-order valence-corrected chi connectivity index (χ4v) is 4.58. The fourth-order valence-electron chi connectivity index (χ4n) is 3.70. The summed E-state index contributed by atoms with van der Waals surface area (Å²) in [6, 6.07) is 7.78. The molecule has 0 atom stereocenters. The van der Waals surface area contributed by atoms with Crippen LogP contribution in [0.3, 0.4) is 0 Å². The molecule has 1 N–H and O–H groups in total. The van der Waals surface area contributed by atoms with Crippen LogP contribution in [-0.2, 0) is 17.1 Å². The Balaban J connectivity index is 0.00000272. The Morgan fingerprint density at radius 1 is 1.16 bits per heavy atom. The molecule has 1 saturated heterocycles. The van der Waals surface area contributed by atoms with E-state index in [1.54, 1.807) is 37.5 Å². The number of piperidine rings is 1. The van der Waals surface area contributed by atoms with Gasteiger partial charge >= 0.3 is 0 Å². The van der Waals surface area contributed by atoms with Crippen molar-refractivity contribution in [1.82, 2.24) is 18.8 Å². The van der Waals surface area contributed by atoms with Gasteiger partial charge in [-0.15, -0.1) is 12.4 Å². The van der Waals surface area contributed by atoms with Gasteiger partial charge in [-0.2, -0.15) is 4.98 Å². The van der Waals surface area contributed by atoms with Gasteiger partial charge in [0.1, 0.15) is 11.5 Å². The zero-order valence-corrected chi connectivity index (χ0v) is 18.7. The van der Waals surface area contributed by atoms with E-state index in [-0.39, 0.29) is 35.1 Å². The van der Waals surface area contributed by atoms with Crippen LogP contribution in [0.1, 0.15) is 12.8 Å². The summed E-state index contributed by atoms with van der Waals surface area (Å²) >= 11 is 0. The van der Waals surface area contributed by atoms with Gasteiger partial charge in [0.05, 0.1) is 11.8 Å². The molecule has 1 fully saturated rings. The third-order valence-corrected chi connectivity index (χ3v) is 6.67. The molecule has 0 unspecified atom stereocenters. The van der Waals surface area contributed by atoms with Gasteiger partial charge in [-0.3, -0.25) is 9.36 Å². The number of nitrogens with zero attached hydrogens (tertiary/aromatic N) is 4. The van der Waals surface area contributed by atoms with E-state index in [4.69, 9.17) is 0 Å². The SMILES string of the molecule is Cl.Cn1c(=O)c(-c2ccccc2F)cc2cnc(NC3CCN(S(C)(=O)=O)CC3)nc21. The number of aromatic nitrogens is 3. The van der Waals surface area contributed by atoms with E-state index < -0.39 is 15.8 Å². The number of aryl methyl sites for hydroxylation is 1. The highest BCUT2D eigenvalue weighted by molar-refractivity contribution is 7.88.